The van der Waals surface area contributed by atoms with Crippen molar-refractivity contribution in [3.63, 3.8) is 0 Å². The first-order valence-electron chi connectivity index (χ1n) is 8.37. The van der Waals surface area contributed by atoms with E-state index in [1.54, 1.807) is 6.92 Å². The third-order valence-electron chi connectivity index (χ3n) is 3.95. The van der Waals surface area contributed by atoms with Crippen molar-refractivity contribution in [2.45, 2.75) is 52.7 Å². The van der Waals surface area contributed by atoms with Crippen molar-refractivity contribution >= 4 is 5.91 Å². The first kappa shape index (κ1) is 18.1. The van der Waals surface area contributed by atoms with Gasteiger partial charge in [-0.15, -0.1) is 0 Å². The van der Waals surface area contributed by atoms with E-state index < -0.39 is 6.10 Å². The molecule has 0 fully saturated rings. The monoisotopic (exact) mass is 325 g/mol. The van der Waals surface area contributed by atoms with Crippen molar-refractivity contribution in [1.29, 1.82) is 0 Å². The summed E-state index contributed by atoms with van der Waals surface area (Å²) < 4.78 is 5.85. The molecule has 0 spiro atoms. The number of nitrogens with one attached hydrogen (secondary N) is 1. The summed E-state index contributed by atoms with van der Waals surface area (Å²) in [7, 11) is 0. The SMILES string of the molecule is Cc1ccc(OC(C)C(=O)NC(C)(C)Cc2ccccc2)c(C)c1. The Kier molecular flexibility index (Phi) is 5.66. The third-order valence-corrected chi connectivity index (χ3v) is 3.95. The molecule has 0 aliphatic carbocycles. The van der Waals surface area contributed by atoms with Gasteiger partial charge in [0.25, 0.3) is 5.91 Å². The Morgan fingerprint density at radius 2 is 1.79 bits per heavy atom. The molecule has 0 bridgehead atoms. The minimum Gasteiger partial charge on any atom is -0.481 e. The topological polar surface area (TPSA) is 38.3 Å². The van der Waals surface area contributed by atoms with E-state index >= 15 is 0 Å². The van der Waals surface area contributed by atoms with Gasteiger partial charge in [-0.05, 0) is 58.2 Å². The molecule has 0 aliphatic rings. The van der Waals surface area contributed by atoms with E-state index in [9.17, 15) is 4.79 Å². The Labute approximate surface area is 145 Å². The predicted octanol–water partition coefficient (Wildman–Crippen LogP) is 4.21. The van der Waals surface area contributed by atoms with Gasteiger partial charge in [-0.3, -0.25) is 4.79 Å². The molecule has 128 valence electrons. The summed E-state index contributed by atoms with van der Waals surface area (Å²) in [5, 5.41) is 3.09. The van der Waals surface area contributed by atoms with Gasteiger partial charge in [0.1, 0.15) is 5.75 Å². The predicted molar refractivity (Wildman–Crippen MR) is 98.4 cm³/mol. The van der Waals surface area contributed by atoms with Crippen LogP contribution in [0, 0.1) is 13.8 Å². The first-order chi connectivity index (χ1) is 11.3. The highest BCUT2D eigenvalue weighted by Gasteiger charge is 2.25. The van der Waals surface area contributed by atoms with Crippen LogP contribution in [0.25, 0.3) is 0 Å². The first-order valence-corrected chi connectivity index (χ1v) is 8.37. The van der Waals surface area contributed by atoms with Crippen LogP contribution in [0.5, 0.6) is 5.75 Å². The number of hydrogen-bond donors (Lipinski definition) is 1. The molecule has 3 nitrogen and oxygen atoms in total. The molecule has 0 heterocycles. The highest BCUT2D eigenvalue weighted by Crippen LogP contribution is 2.20. The van der Waals surface area contributed by atoms with Gasteiger partial charge in [0.15, 0.2) is 6.10 Å². The Morgan fingerprint density at radius 3 is 2.42 bits per heavy atom. The molecule has 1 atom stereocenters. The van der Waals surface area contributed by atoms with E-state index in [1.807, 2.05) is 58.0 Å². The Bertz CT molecular complexity index is 692. The summed E-state index contributed by atoms with van der Waals surface area (Å²) >= 11 is 0. The van der Waals surface area contributed by atoms with Crippen LogP contribution in [-0.4, -0.2) is 17.6 Å². The van der Waals surface area contributed by atoms with Gasteiger partial charge in [0.2, 0.25) is 0 Å². The normalized spacial score (nSPS) is 12.5. The van der Waals surface area contributed by atoms with E-state index in [4.69, 9.17) is 4.74 Å². The minimum absolute atomic E-state index is 0.101. The summed E-state index contributed by atoms with van der Waals surface area (Å²) in [6, 6.07) is 16.1. The van der Waals surface area contributed by atoms with Crippen molar-refractivity contribution in [2.75, 3.05) is 0 Å². The third kappa shape index (κ3) is 5.12. The average Bonchev–Trinajstić information content (AvgIpc) is 2.50. The zero-order chi connectivity index (χ0) is 17.7. The van der Waals surface area contributed by atoms with Crippen LogP contribution in [0.1, 0.15) is 37.5 Å². The van der Waals surface area contributed by atoms with Crippen LogP contribution in [0.3, 0.4) is 0 Å². The van der Waals surface area contributed by atoms with Crippen molar-refractivity contribution in [2.24, 2.45) is 0 Å². The maximum atomic E-state index is 12.5. The molecule has 0 aliphatic heterocycles. The van der Waals surface area contributed by atoms with Gasteiger partial charge in [0.05, 0.1) is 0 Å². The number of ether oxygens (including phenoxy) is 1. The van der Waals surface area contributed by atoms with E-state index in [0.717, 1.165) is 17.7 Å². The standard InChI is InChI=1S/C21H27NO2/c1-15-11-12-19(16(2)13-15)24-17(3)20(23)22-21(4,5)14-18-9-7-6-8-10-18/h6-13,17H,14H2,1-5H3,(H,22,23). The van der Waals surface area contributed by atoms with Crippen molar-refractivity contribution in [3.8, 4) is 5.75 Å². The molecule has 1 N–H and O–H groups in total. The summed E-state index contributed by atoms with van der Waals surface area (Å²) in [6.45, 7) is 9.88. The van der Waals surface area contributed by atoms with Crippen LogP contribution in [0.15, 0.2) is 48.5 Å². The Hall–Kier alpha value is -2.29. The number of carbonyl (C=O) groups is 1. The Morgan fingerprint density at radius 1 is 1.12 bits per heavy atom. The average molecular weight is 325 g/mol. The van der Waals surface area contributed by atoms with E-state index in [0.29, 0.717) is 0 Å². The fraction of sp³-hybridized carbons (Fsp3) is 0.381. The maximum Gasteiger partial charge on any atom is 0.261 e. The van der Waals surface area contributed by atoms with E-state index in [-0.39, 0.29) is 11.4 Å². The molecule has 0 radical (unpaired) electrons. The van der Waals surface area contributed by atoms with E-state index in [1.165, 1.54) is 11.1 Å². The molecule has 2 aromatic rings. The number of carbonyl (C=O) groups excluding carboxylic acids is 1. The molecule has 1 amide bonds. The number of aryl methyl sites for hydroxylation is 2. The molecular weight excluding hydrogens is 298 g/mol. The molecule has 3 heteroatoms. The van der Waals surface area contributed by atoms with Gasteiger partial charge in [-0.1, -0.05) is 48.0 Å². The van der Waals surface area contributed by atoms with Gasteiger partial charge < -0.3 is 10.1 Å². The summed E-state index contributed by atoms with van der Waals surface area (Å²) in [4.78, 5) is 12.5. The fourth-order valence-electron chi connectivity index (χ4n) is 2.76. The molecule has 24 heavy (non-hydrogen) atoms. The van der Waals surface area contributed by atoms with Crippen molar-refractivity contribution < 1.29 is 9.53 Å². The molecule has 0 saturated heterocycles. The summed E-state index contributed by atoms with van der Waals surface area (Å²) in [5.41, 5.74) is 3.09. The summed E-state index contributed by atoms with van der Waals surface area (Å²) in [5.74, 6) is 0.653. The Balaban J connectivity index is 1.97. The lowest BCUT2D eigenvalue weighted by Gasteiger charge is -2.28. The van der Waals surface area contributed by atoms with Crippen LogP contribution in [0.2, 0.25) is 0 Å². The van der Waals surface area contributed by atoms with Gasteiger partial charge in [-0.25, -0.2) is 0 Å². The largest absolute Gasteiger partial charge is 0.481 e. The second-order valence-corrected chi connectivity index (χ2v) is 7.06. The van der Waals surface area contributed by atoms with Gasteiger partial charge in [0, 0.05) is 5.54 Å². The lowest BCUT2D eigenvalue weighted by Crippen LogP contribution is -2.49. The number of rotatable bonds is 6. The molecular formula is C21H27NO2. The quantitative estimate of drug-likeness (QED) is 0.864. The van der Waals surface area contributed by atoms with Crippen LogP contribution in [-0.2, 0) is 11.2 Å². The highest BCUT2D eigenvalue weighted by molar-refractivity contribution is 5.81. The minimum atomic E-state index is -0.540. The molecule has 0 aromatic heterocycles. The highest BCUT2D eigenvalue weighted by atomic mass is 16.5. The zero-order valence-corrected chi connectivity index (χ0v) is 15.2. The number of benzene rings is 2. The zero-order valence-electron chi connectivity index (χ0n) is 15.2. The summed E-state index contributed by atoms with van der Waals surface area (Å²) in [6.07, 6.45) is 0.233. The molecule has 0 saturated carbocycles. The lowest BCUT2D eigenvalue weighted by atomic mass is 9.94. The van der Waals surface area contributed by atoms with Crippen LogP contribution < -0.4 is 10.1 Å². The maximum absolute atomic E-state index is 12.5. The second kappa shape index (κ2) is 7.52. The van der Waals surface area contributed by atoms with Crippen molar-refractivity contribution in [3.05, 3.63) is 65.2 Å². The number of hydrogen-bond acceptors (Lipinski definition) is 2. The second-order valence-electron chi connectivity index (χ2n) is 7.06. The van der Waals surface area contributed by atoms with Gasteiger partial charge in [-0.2, -0.15) is 0 Å². The lowest BCUT2D eigenvalue weighted by molar-refractivity contribution is -0.128. The molecule has 2 aromatic carbocycles. The van der Waals surface area contributed by atoms with Crippen LogP contribution >= 0.6 is 0 Å². The van der Waals surface area contributed by atoms with Gasteiger partial charge >= 0.3 is 0 Å². The number of amides is 1. The molecule has 1 unspecified atom stereocenters. The fourth-order valence-corrected chi connectivity index (χ4v) is 2.76. The van der Waals surface area contributed by atoms with Crippen LogP contribution in [0.4, 0.5) is 0 Å². The molecule has 2 rings (SSSR count). The smallest absolute Gasteiger partial charge is 0.261 e. The van der Waals surface area contributed by atoms with Crippen molar-refractivity contribution in [1.82, 2.24) is 5.32 Å². The van der Waals surface area contributed by atoms with E-state index in [2.05, 4.69) is 23.5 Å².